The molecule has 0 atom stereocenters. The Balaban J connectivity index is 2.06. The van der Waals surface area contributed by atoms with Gasteiger partial charge in [0.1, 0.15) is 5.75 Å². The lowest BCUT2D eigenvalue weighted by Crippen LogP contribution is -2.01. The summed E-state index contributed by atoms with van der Waals surface area (Å²) < 4.78 is 35.7. The van der Waals surface area contributed by atoms with Gasteiger partial charge in [-0.3, -0.25) is 0 Å². The van der Waals surface area contributed by atoms with Crippen LogP contribution in [-0.2, 0) is 0 Å². The van der Waals surface area contributed by atoms with Crippen LogP contribution in [0.15, 0.2) is 24.3 Å². The summed E-state index contributed by atoms with van der Waals surface area (Å²) in [6.45, 7) is -2.83. The third-order valence-electron chi connectivity index (χ3n) is 1.79. The van der Waals surface area contributed by atoms with Gasteiger partial charge in [-0.05, 0) is 24.3 Å². The SMILES string of the molecule is FC(F)Oc1ccc(Nc2nsnc2Cl)cc1. The molecule has 8 heteroatoms. The highest BCUT2D eigenvalue weighted by Crippen LogP contribution is 2.24. The van der Waals surface area contributed by atoms with E-state index in [2.05, 4.69) is 18.8 Å². The monoisotopic (exact) mass is 277 g/mol. The molecule has 2 aromatic rings. The van der Waals surface area contributed by atoms with Crippen molar-refractivity contribution in [2.45, 2.75) is 6.61 Å². The van der Waals surface area contributed by atoms with Gasteiger partial charge in [0.05, 0.1) is 11.7 Å². The predicted molar refractivity (Wildman–Crippen MR) is 61.3 cm³/mol. The van der Waals surface area contributed by atoms with Crippen LogP contribution >= 0.6 is 23.3 Å². The van der Waals surface area contributed by atoms with Crippen molar-refractivity contribution < 1.29 is 13.5 Å². The molecule has 1 aromatic heterocycles. The van der Waals surface area contributed by atoms with E-state index in [4.69, 9.17) is 11.6 Å². The first-order valence-electron chi connectivity index (χ1n) is 4.45. The van der Waals surface area contributed by atoms with Gasteiger partial charge in [0.25, 0.3) is 0 Å². The van der Waals surface area contributed by atoms with Gasteiger partial charge in [-0.1, -0.05) is 11.6 Å². The summed E-state index contributed by atoms with van der Waals surface area (Å²) in [5, 5.41) is 3.16. The van der Waals surface area contributed by atoms with Gasteiger partial charge in [0.2, 0.25) is 0 Å². The Labute approximate surface area is 105 Å². The summed E-state index contributed by atoms with van der Waals surface area (Å²) in [5.41, 5.74) is 0.654. The fourth-order valence-electron chi connectivity index (χ4n) is 1.11. The van der Waals surface area contributed by atoms with Crippen molar-refractivity contribution in [3.63, 3.8) is 0 Å². The van der Waals surface area contributed by atoms with Crippen molar-refractivity contribution in [1.82, 2.24) is 8.75 Å². The van der Waals surface area contributed by atoms with Crippen LogP contribution in [0, 0.1) is 0 Å². The van der Waals surface area contributed by atoms with Crippen LogP contribution in [-0.4, -0.2) is 15.4 Å². The molecule has 2 rings (SSSR count). The van der Waals surface area contributed by atoms with E-state index < -0.39 is 6.61 Å². The molecule has 17 heavy (non-hydrogen) atoms. The molecule has 0 radical (unpaired) electrons. The summed E-state index contributed by atoms with van der Waals surface area (Å²) >= 11 is 6.72. The zero-order chi connectivity index (χ0) is 12.3. The predicted octanol–water partition coefficient (Wildman–Crippen LogP) is 3.54. The van der Waals surface area contributed by atoms with Crippen molar-refractivity contribution in [1.29, 1.82) is 0 Å². The second-order valence-electron chi connectivity index (χ2n) is 2.93. The number of rotatable bonds is 4. The van der Waals surface area contributed by atoms with Crippen LogP contribution in [0.4, 0.5) is 20.3 Å². The Morgan fingerprint density at radius 1 is 1.24 bits per heavy atom. The zero-order valence-electron chi connectivity index (χ0n) is 8.23. The summed E-state index contributed by atoms with van der Waals surface area (Å²) in [6, 6.07) is 5.99. The van der Waals surface area contributed by atoms with Gasteiger partial charge >= 0.3 is 6.61 Å². The van der Waals surface area contributed by atoms with Crippen molar-refractivity contribution >= 4 is 34.8 Å². The molecule has 0 bridgehead atoms. The van der Waals surface area contributed by atoms with Gasteiger partial charge in [0.15, 0.2) is 11.0 Å². The number of alkyl halides is 2. The minimum absolute atomic E-state index is 0.0908. The minimum atomic E-state index is -2.83. The molecular formula is C9H6ClF2N3OS. The Morgan fingerprint density at radius 2 is 1.94 bits per heavy atom. The molecule has 0 saturated heterocycles. The summed E-state index contributed by atoms with van der Waals surface area (Å²) in [4.78, 5) is 0. The Hall–Kier alpha value is -1.47. The van der Waals surface area contributed by atoms with Gasteiger partial charge in [0, 0.05) is 5.69 Å². The first-order chi connectivity index (χ1) is 8.15. The molecule has 0 spiro atoms. The Bertz CT molecular complexity index is 491. The number of halogens is 3. The third-order valence-corrected chi connectivity index (χ3v) is 2.68. The third kappa shape index (κ3) is 3.24. The fourth-order valence-corrected chi connectivity index (χ4v) is 1.75. The van der Waals surface area contributed by atoms with Crippen molar-refractivity contribution in [3.8, 4) is 5.75 Å². The van der Waals surface area contributed by atoms with E-state index in [1.54, 1.807) is 12.1 Å². The average Bonchev–Trinajstić information content (AvgIpc) is 2.67. The Morgan fingerprint density at radius 3 is 2.47 bits per heavy atom. The highest BCUT2D eigenvalue weighted by atomic mass is 35.5. The van der Waals surface area contributed by atoms with Crippen LogP contribution < -0.4 is 10.1 Å². The van der Waals surface area contributed by atoms with Gasteiger partial charge < -0.3 is 10.1 Å². The summed E-state index contributed by atoms with van der Waals surface area (Å²) in [6.07, 6.45) is 0. The molecule has 4 nitrogen and oxygen atoms in total. The number of nitrogens with zero attached hydrogens (tertiary/aromatic N) is 2. The number of hydrogen-bond acceptors (Lipinski definition) is 5. The van der Waals surface area contributed by atoms with E-state index in [0.29, 0.717) is 11.5 Å². The fraction of sp³-hybridized carbons (Fsp3) is 0.111. The number of benzene rings is 1. The number of aromatic nitrogens is 2. The van der Waals surface area contributed by atoms with Crippen LogP contribution in [0.3, 0.4) is 0 Å². The number of nitrogens with one attached hydrogen (secondary N) is 1. The van der Waals surface area contributed by atoms with Crippen molar-refractivity contribution in [2.75, 3.05) is 5.32 Å². The molecule has 0 aliphatic heterocycles. The number of anilines is 2. The van der Waals surface area contributed by atoms with Crippen molar-refractivity contribution in [2.24, 2.45) is 0 Å². The highest BCUT2D eigenvalue weighted by Gasteiger charge is 2.06. The molecule has 1 aromatic carbocycles. The normalized spacial score (nSPS) is 10.6. The minimum Gasteiger partial charge on any atom is -0.435 e. The van der Waals surface area contributed by atoms with E-state index in [0.717, 1.165) is 11.7 Å². The lowest BCUT2D eigenvalue weighted by molar-refractivity contribution is -0.0498. The van der Waals surface area contributed by atoms with Crippen LogP contribution in [0.5, 0.6) is 5.75 Å². The van der Waals surface area contributed by atoms with Crippen LogP contribution in [0.25, 0.3) is 0 Å². The van der Waals surface area contributed by atoms with E-state index in [-0.39, 0.29) is 10.9 Å². The van der Waals surface area contributed by atoms with Crippen molar-refractivity contribution in [3.05, 3.63) is 29.4 Å². The maximum absolute atomic E-state index is 11.9. The summed E-state index contributed by atoms with van der Waals surface area (Å²) in [7, 11) is 0. The smallest absolute Gasteiger partial charge is 0.387 e. The molecule has 0 amide bonds. The first-order valence-corrected chi connectivity index (χ1v) is 5.56. The van der Waals surface area contributed by atoms with E-state index in [1.807, 2.05) is 0 Å². The lowest BCUT2D eigenvalue weighted by Gasteiger charge is -2.06. The van der Waals surface area contributed by atoms with Crippen LogP contribution in [0.1, 0.15) is 0 Å². The molecule has 0 aliphatic rings. The molecule has 1 heterocycles. The second kappa shape index (κ2) is 5.24. The molecule has 0 fully saturated rings. The maximum Gasteiger partial charge on any atom is 0.387 e. The van der Waals surface area contributed by atoms with E-state index in [9.17, 15) is 8.78 Å². The highest BCUT2D eigenvalue weighted by molar-refractivity contribution is 6.99. The molecule has 0 aliphatic carbocycles. The van der Waals surface area contributed by atoms with E-state index in [1.165, 1.54) is 12.1 Å². The lowest BCUT2D eigenvalue weighted by atomic mass is 10.3. The van der Waals surface area contributed by atoms with E-state index >= 15 is 0 Å². The number of ether oxygens (including phenoxy) is 1. The maximum atomic E-state index is 11.9. The van der Waals surface area contributed by atoms with Crippen LogP contribution in [0.2, 0.25) is 5.15 Å². The number of hydrogen-bond donors (Lipinski definition) is 1. The molecule has 1 N–H and O–H groups in total. The average molecular weight is 278 g/mol. The molecule has 0 saturated carbocycles. The molecular weight excluding hydrogens is 272 g/mol. The zero-order valence-corrected chi connectivity index (χ0v) is 9.80. The largest absolute Gasteiger partial charge is 0.435 e. The quantitative estimate of drug-likeness (QED) is 0.928. The topological polar surface area (TPSA) is 47.0 Å². The summed E-state index contributed by atoms with van der Waals surface area (Å²) in [5.74, 6) is 0.521. The molecule has 90 valence electrons. The van der Waals surface area contributed by atoms with Gasteiger partial charge in [-0.2, -0.15) is 17.5 Å². The van der Waals surface area contributed by atoms with Gasteiger partial charge in [-0.15, -0.1) is 0 Å². The Kier molecular flexibility index (Phi) is 3.70. The standard InChI is InChI=1S/C9H6ClF2N3OS/c10-7-8(15-17-14-7)13-5-1-3-6(4-2-5)16-9(11)12/h1-4,9H,(H,13,15). The first kappa shape index (κ1) is 12.0. The molecule has 0 unspecified atom stereocenters. The second-order valence-corrected chi connectivity index (χ2v) is 3.82. The van der Waals surface area contributed by atoms with Gasteiger partial charge in [-0.25, -0.2) is 0 Å².